The van der Waals surface area contributed by atoms with Gasteiger partial charge in [0.2, 0.25) is 0 Å². The first kappa shape index (κ1) is 20.3. The van der Waals surface area contributed by atoms with Gasteiger partial charge in [0.15, 0.2) is 17.1 Å². The van der Waals surface area contributed by atoms with E-state index >= 15 is 0 Å². The van der Waals surface area contributed by atoms with Gasteiger partial charge in [-0.05, 0) is 36.2 Å². The minimum Gasteiger partial charge on any atom is -0.490 e. The normalized spacial score (nSPS) is 10.9. The smallest absolute Gasteiger partial charge is 0.182 e. The largest absolute Gasteiger partial charge is 0.490 e. The van der Waals surface area contributed by atoms with Gasteiger partial charge in [-0.1, -0.05) is 37.6 Å². The molecule has 0 aliphatic carbocycles. The van der Waals surface area contributed by atoms with Gasteiger partial charge in [-0.15, -0.1) is 0 Å². The SMILES string of the molecule is C#COc1cc(-c2cnn3c(N)cc(-c4cnc5ccccc5c4)nc23)ccc1OCCC. The lowest BCUT2D eigenvalue weighted by Crippen LogP contribution is -2.01. The van der Waals surface area contributed by atoms with Crippen LogP contribution in [0.5, 0.6) is 11.5 Å². The van der Waals surface area contributed by atoms with Crippen molar-refractivity contribution in [2.24, 2.45) is 0 Å². The van der Waals surface area contributed by atoms with E-state index in [2.05, 4.69) is 22.3 Å². The first-order chi connectivity index (χ1) is 16.2. The zero-order chi connectivity index (χ0) is 22.8. The minimum absolute atomic E-state index is 0.464. The highest BCUT2D eigenvalue weighted by Gasteiger charge is 2.16. The monoisotopic (exact) mass is 435 g/mol. The summed E-state index contributed by atoms with van der Waals surface area (Å²) in [6.45, 7) is 2.60. The Labute approximate surface area is 190 Å². The first-order valence-electron chi connectivity index (χ1n) is 10.6. The lowest BCUT2D eigenvalue weighted by molar-refractivity contribution is 0.304. The fraction of sp³-hybridized carbons (Fsp3) is 0.115. The third-order valence-corrected chi connectivity index (χ3v) is 5.27. The van der Waals surface area contributed by atoms with Gasteiger partial charge >= 0.3 is 0 Å². The van der Waals surface area contributed by atoms with Gasteiger partial charge in [0.1, 0.15) is 11.9 Å². The molecule has 0 radical (unpaired) electrons. The average molecular weight is 435 g/mol. The lowest BCUT2D eigenvalue weighted by Gasteiger charge is -2.11. The molecule has 7 nitrogen and oxygen atoms in total. The Balaban J connectivity index is 1.62. The maximum atomic E-state index is 6.32. The van der Waals surface area contributed by atoms with Gasteiger partial charge in [0, 0.05) is 28.8 Å². The Morgan fingerprint density at radius 2 is 1.91 bits per heavy atom. The van der Waals surface area contributed by atoms with E-state index < -0.39 is 0 Å². The molecule has 33 heavy (non-hydrogen) atoms. The van der Waals surface area contributed by atoms with Crippen LogP contribution in [0.1, 0.15) is 13.3 Å². The van der Waals surface area contributed by atoms with E-state index in [-0.39, 0.29) is 0 Å². The topological polar surface area (TPSA) is 87.6 Å². The summed E-state index contributed by atoms with van der Waals surface area (Å²) in [7, 11) is 0. The van der Waals surface area contributed by atoms with Crippen LogP contribution in [0.3, 0.4) is 0 Å². The van der Waals surface area contributed by atoms with Crippen LogP contribution in [-0.2, 0) is 0 Å². The number of hydrogen-bond acceptors (Lipinski definition) is 6. The number of nitrogens with zero attached hydrogens (tertiary/aromatic N) is 4. The van der Waals surface area contributed by atoms with Crippen LogP contribution < -0.4 is 15.2 Å². The number of para-hydroxylation sites is 1. The zero-order valence-corrected chi connectivity index (χ0v) is 18.0. The fourth-order valence-electron chi connectivity index (χ4n) is 3.70. The van der Waals surface area contributed by atoms with E-state index in [1.165, 1.54) is 0 Å². The summed E-state index contributed by atoms with van der Waals surface area (Å²) in [5.41, 5.74) is 11.1. The molecule has 0 fully saturated rings. The van der Waals surface area contributed by atoms with Crippen molar-refractivity contribution < 1.29 is 9.47 Å². The molecule has 0 saturated carbocycles. The summed E-state index contributed by atoms with van der Waals surface area (Å²) >= 11 is 0. The lowest BCUT2D eigenvalue weighted by atomic mass is 10.1. The van der Waals surface area contributed by atoms with Gasteiger partial charge in [-0.3, -0.25) is 4.98 Å². The molecule has 5 aromatic rings. The number of hydrogen-bond donors (Lipinski definition) is 1. The van der Waals surface area contributed by atoms with E-state index in [1.54, 1.807) is 23.0 Å². The summed E-state index contributed by atoms with van der Waals surface area (Å²) in [5.74, 6) is 1.52. The molecule has 0 aliphatic heterocycles. The molecule has 162 valence electrons. The maximum absolute atomic E-state index is 6.32. The highest BCUT2D eigenvalue weighted by molar-refractivity contribution is 5.85. The quantitative estimate of drug-likeness (QED) is 0.380. The number of aromatic nitrogens is 4. The Kier molecular flexibility index (Phi) is 5.25. The molecule has 0 unspecified atom stereocenters. The third-order valence-electron chi connectivity index (χ3n) is 5.27. The van der Waals surface area contributed by atoms with Crippen LogP contribution >= 0.6 is 0 Å². The highest BCUT2D eigenvalue weighted by atomic mass is 16.5. The number of fused-ring (bicyclic) bond motifs is 2. The molecule has 0 aliphatic rings. The van der Waals surface area contributed by atoms with E-state index in [0.717, 1.165) is 34.0 Å². The molecule has 3 heterocycles. The Bertz CT molecular complexity index is 1520. The molecule has 0 atom stereocenters. The second-order valence-corrected chi connectivity index (χ2v) is 7.51. The summed E-state index contributed by atoms with van der Waals surface area (Å²) < 4.78 is 12.7. The highest BCUT2D eigenvalue weighted by Crippen LogP contribution is 2.35. The molecule has 2 N–H and O–H groups in total. The number of pyridine rings is 1. The minimum atomic E-state index is 0.464. The Morgan fingerprint density at radius 3 is 2.76 bits per heavy atom. The molecular formula is C26H21N5O2. The number of nitrogens with two attached hydrogens (primary N) is 1. The van der Waals surface area contributed by atoms with Gasteiger partial charge in [-0.2, -0.15) is 9.61 Å². The van der Waals surface area contributed by atoms with Crippen LogP contribution in [0.2, 0.25) is 0 Å². The fourth-order valence-corrected chi connectivity index (χ4v) is 3.70. The van der Waals surface area contributed by atoms with E-state index in [4.69, 9.17) is 26.6 Å². The number of anilines is 1. The van der Waals surface area contributed by atoms with E-state index in [9.17, 15) is 0 Å². The van der Waals surface area contributed by atoms with Gasteiger partial charge < -0.3 is 15.2 Å². The molecule has 0 bridgehead atoms. The second kappa shape index (κ2) is 8.52. The first-order valence-corrected chi connectivity index (χ1v) is 10.6. The number of rotatable bonds is 6. The van der Waals surface area contributed by atoms with Gasteiger partial charge in [-0.25, -0.2) is 4.98 Å². The summed E-state index contributed by atoms with van der Waals surface area (Å²) in [4.78, 5) is 9.41. The molecule has 2 aromatic carbocycles. The molecule has 3 aromatic heterocycles. The molecule has 0 amide bonds. The zero-order valence-electron chi connectivity index (χ0n) is 18.0. The van der Waals surface area contributed by atoms with Crippen LogP contribution in [0.4, 0.5) is 5.82 Å². The molecular weight excluding hydrogens is 414 g/mol. The standard InChI is InChI=1S/C26H21N5O2/c1-3-11-33-23-10-9-17(13-24(23)32-4-2)20-16-29-31-25(27)14-22(30-26(20)31)19-12-18-7-5-6-8-21(18)28-15-19/h2,5-10,12-16H,3,11,27H2,1H3. The van der Waals surface area contributed by atoms with Gasteiger partial charge in [0.05, 0.1) is 24.0 Å². The summed E-state index contributed by atoms with van der Waals surface area (Å²) in [6, 6.07) is 17.4. The van der Waals surface area contributed by atoms with E-state index in [1.807, 2.05) is 49.4 Å². The van der Waals surface area contributed by atoms with Crippen molar-refractivity contribution >= 4 is 22.4 Å². The predicted molar refractivity (Wildman–Crippen MR) is 129 cm³/mol. The van der Waals surface area contributed by atoms with Crippen molar-refractivity contribution in [3.05, 3.63) is 67.0 Å². The van der Waals surface area contributed by atoms with Crippen molar-refractivity contribution in [2.45, 2.75) is 13.3 Å². The maximum Gasteiger partial charge on any atom is 0.182 e. The molecule has 0 saturated heterocycles. The van der Waals surface area contributed by atoms with Gasteiger partial charge in [0.25, 0.3) is 0 Å². The number of ether oxygens (including phenoxy) is 2. The molecule has 0 spiro atoms. The van der Waals surface area contributed by atoms with Crippen LogP contribution in [-0.4, -0.2) is 26.2 Å². The number of nitrogen functional groups attached to an aromatic ring is 1. The average Bonchev–Trinajstić information content (AvgIpc) is 3.28. The van der Waals surface area contributed by atoms with Crippen LogP contribution in [0.15, 0.2) is 67.0 Å². The van der Waals surface area contributed by atoms with Crippen molar-refractivity contribution in [1.82, 2.24) is 19.6 Å². The summed E-state index contributed by atoms with van der Waals surface area (Å²) in [5, 5.41) is 5.46. The van der Waals surface area contributed by atoms with Crippen molar-refractivity contribution in [3.63, 3.8) is 0 Å². The molecule has 7 heteroatoms. The number of terminal acetylenes is 1. The predicted octanol–water partition coefficient (Wildman–Crippen LogP) is 4.95. The van der Waals surface area contributed by atoms with Crippen LogP contribution in [0, 0.1) is 12.5 Å². The Morgan fingerprint density at radius 1 is 1.03 bits per heavy atom. The number of benzene rings is 2. The van der Waals surface area contributed by atoms with Crippen molar-refractivity contribution in [1.29, 1.82) is 0 Å². The summed E-state index contributed by atoms with van der Waals surface area (Å²) in [6.07, 6.45) is 12.0. The van der Waals surface area contributed by atoms with Crippen molar-refractivity contribution in [3.8, 4) is 46.4 Å². The van der Waals surface area contributed by atoms with Crippen molar-refractivity contribution in [2.75, 3.05) is 12.3 Å². The molecule has 5 rings (SSSR count). The Hall–Kier alpha value is -4.57. The van der Waals surface area contributed by atoms with E-state index in [0.29, 0.717) is 35.3 Å². The van der Waals surface area contributed by atoms with Crippen LogP contribution in [0.25, 0.3) is 38.9 Å². The second-order valence-electron chi connectivity index (χ2n) is 7.51. The third kappa shape index (κ3) is 3.79.